The molecule has 1 N–H and O–H groups in total. The van der Waals surface area contributed by atoms with Crippen LogP contribution in [0.5, 0.6) is 0 Å². The third-order valence-electron chi connectivity index (χ3n) is 3.64. The van der Waals surface area contributed by atoms with E-state index in [9.17, 15) is 0 Å². The van der Waals surface area contributed by atoms with Gasteiger partial charge in [0.25, 0.3) is 0 Å². The van der Waals surface area contributed by atoms with E-state index in [4.69, 9.17) is 0 Å². The quantitative estimate of drug-likeness (QED) is 0.881. The molecule has 1 saturated carbocycles. The van der Waals surface area contributed by atoms with E-state index >= 15 is 0 Å². The van der Waals surface area contributed by atoms with Crippen LogP contribution in [0.4, 0.5) is 0 Å². The molecule has 2 rings (SSSR count). The van der Waals surface area contributed by atoms with Gasteiger partial charge in [0.2, 0.25) is 0 Å². The number of nitrogens with one attached hydrogen (secondary N) is 1. The van der Waals surface area contributed by atoms with Crippen molar-refractivity contribution in [1.29, 1.82) is 0 Å². The van der Waals surface area contributed by atoms with Crippen molar-refractivity contribution < 1.29 is 0 Å². The van der Waals surface area contributed by atoms with Gasteiger partial charge in [-0.3, -0.25) is 0 Å². The maximum Gasteiger partial charge on any atom is 0.0893 e. The van der Waals surface area contributed by atoms with Crippen LogP contribution in [-0.4, -0.2) is 15.6 Å². The van der Waals surface area contributed by atoms with E-state index in [0.29, 0.717) is 11.5 Å². The average molecular weight is 239 g/mol. The third-order valence-corrected chi connectivity index (χ3v) is 4.20. The first kappa shape index (κ1) is 12.0. The Balaban J connectivity index is 1.83. The second kappa shape index (κ2) is 4.80. The number of rotatable bonds is 3. The lowest BCUT2D eigenvalue weighted by Crippen LogP contribution is -2.41. The number of hydrogen-bond acceptors (Lipinski definition) is 4. The molecule has 0 amide bonds. The molecule has 2 atom stereocenters. The Morgan fingerprint density at radius 2 is 2.38 bits per heavy atom. The van der Waals surface area contributed by atoms with Crippen molar-refractivity contribution in [2.75, 3.05) is 0 Å². The summed E-state index contributed by atoms with van der Waals surface area (Å²) in [4.78, 5) is 0. The highest BCUT2D eigenvalue weighted by Gasteiger charge is 2.31. The predicted molar refractivity (Wildman–Crippen MR) is 67.3 cm³/mol. The van der Waals surface area contributed by atoms with E-state index in [1.807, 2.05) is 5.38 Å². The van der Waals surface area contributed by atoms with Gasteiger partial charge in [0, 0.05) is 18.0 Å². The van der Waals surface area contributed by atoms with Crippen molar-refractivity contribution in [2.24, 2.45) is 11.3 Å². The first-order valence-corrected chi connectivity index (χ1v) is 6.90. The molecule has 1 aromatic heterocycles. The molecule has 1 aliphatic rings. The van der Waals surface area contributed by atoms with Crippen LogP contribution in [0.2, 0.25) is 0 Å². The third kappa shape index (κ3) is 3.01. The number of nitrogens with zero attached hydrogens (tertiary/aromatic N) is 2. The van der Waals surface area contributed by atoms with Gasteiger partial charge in [-0.25, -0.2) is 0 Å². The molecular weight excluding hydrogens is 218 g/mol. The summed E-state index contributed by atoms with van der Waals surface area (Å²) in [6.07, 6.45) is 3.93. The van der Waals surface area contributed by atoms with Crippen LogP contribution in [0.15, 0.2) is 5.38 Å². The molecule has 2 unspecified atom stereocenters. The molecule has 16 heavy (non-hydrogen) atoms. The van der Waals surface area contributed by atoms with Gasteiger partial charge >= 0.3 is 0 Å². The van der Waals surface area contributed by atoms with Gasteiger partial charge in [0.1, 0.15) is 0 Å². The van der Waals surface area contributed by atoms with Gasteiger partial charge in [0.05, 0.1) is 5.69 Å². The molecule has 0 radical (unpaired) electrons. The lowest BCUT2D eigenvalue weighted by molar-refractivity contribution is 0.148. The van der Waals surface area contributed by atoms with Crippen molar-refractivity contribution in [1.82, 2.24) is 14.9 Å². The van der Waals surface area contributed by atoms with Crippen molar-refractivity contribution >= 4 is 11.5 Å². The Morgan fingerprint density at radius 3 is 3.00 bits per heavy atom. The van der Waals surface area contributed by atoms with Crippen molar-refractivity contribution in [2.45, 2.75) is 52.6 Å². The second-order valence-corrected chi connectivity index (χ2v) is 6.38. The molecule has 0 bridgehead atoms. The topological polar surface area (TPSA) is 37.8 Å². The van der Waals surface area contributed by atoms with Crippen LogP contribution >= 0.6 is 11.5 Å². The van der Waals surface area contributed by atoms with Crippen molar-refractivity contribution in [3.05, 3.63) is 11.1 Å². The van der Waals surface area contributed by atoms with Crippen molar-refractivity contribution in [3.8, 4) is 0 Å². The van der Waals surface area contributed by atoms with E-state index in [-0.39, 0.29) is 0 Å². The fourth-order valence-electron chi connectivity index (χ4n) is 2.75. The molecule has 0 saturated heterocycles. The van der Waals surface area contributed by atoms with E-state index < -0.39 is 0 Å². The summed E-state index contributed by atoms with van der Waals surface area (Å²) < 4.78 is 3.88. The lowest BCUT2D eigenvalue weighted by Gasteiger charge is -2.39. The molecule has 0 aromatic carbocycles. The molecule has 1 heterocycles. The minimum absolute atomic E-state index is 0.528. The molecule has 1 aromatic rings. The van der Waals surface area contributed by atoms with Crippen LogP contribution in [-0.2, 0) is 6.54 Å². The average Bonchev–Trinajstić information content (AvgIpc) is 2.68. The Bertz CT molecular complexity index is 321. The summed E-state index contributed by atoms with van der Waals surface area (Å²) in [5.41, 5.74) is 1.60. The highest BCUT2D eigenvalue weighted by molar-refractivity contribution is 7.03. The molecule has 3 nitrogen and oxygen atoms in total. The fraction of sp³-hybridized carbons (Fsp3) is 0.833. The van der Waals surface area contributed by atoms with Crippen LogP contribution in [0.25, 0.3) is 0 Å². The lowest BCUT2D eigenvalue weighted by atomic mass is 9.70. The summed E-state index contributed by atoms with van der Waals surface area (Å²) in [6, 6.07) is 0.648. The first-order chi connectivity index (χ1) is 7.57. The summed E-state index contributed by atoms with van der Waals surface area (Å²) in [5, 5.41) is 9.69. The molecule has 1 fully saturated rings. The molecular formula is C12H21N3S. The minimum atomic E-state index is 0.528. The number of hydrogen-bond donors (Lipinski definition) is 1. The zero-order valence-corrected chi connectivity index (χ0v) is 11.2. The predicted octanol–water partition coefficient (Wildman–Crippen LogP) is 2.84. The Morgan fingerprint density at radius 1 is 1.56 bits per heavy atom. The van der Waals surface area contributed by atoms with Gasteiger partial charge in [-0.2, -0.15) is 0 Å². The van der Waals surface area contributed by atoms with Gasteiger partial charge in [-0.1, -0.05) is 25.3 Å². The van der Waals surface area contributed by atoms with E-state index in [0.717, 1.165) is 18.2 Å². The molecule has 1 aliphatic carbocycles. The zero-order valence-electron chi connectivity index (χ0n) is 10.4. The first-order valence-electron chi connectivity index (χ1n) is 6.06. The summed E-state index contributed by atoms with van der Waals surface area (Å²) in [7, 11) is 0. The largest absolute Gasteiger partial charge is 0.308 e. The van der Waals surface area contributed by atoms with Gasteiger partial charge in [-0.15, -0.1) is 5.10 Å². The van der Waals surface area contributed by atoms with Crippen molar-refractivity contribution in [3.63, 3.8) is 0 Å². The SMILES string of the molecule is CC1CC(C)(C)CCC1NCc1csnn1. The van der Waals surface area contributed by atoms with E-state index in [2.05, 4.69) is 35.7 Å². The summed E-state index contributed by atoms with van der Waals surface area (Å²) in [5.74, 6) is 0.760. The van der Waals surface area contributed by atoms with Gasteiger partial charge in [-0.05, 0) is 42.1 Å². The Hall–Kier alpha value is -0.480. The monoisotopic (exact) mass is 239 g/mol. The minimum Gasteiger partial charge on any atom is -0.308 e. The second-order valence-electron chi connectivity index (χ2n) is 5.77. The maximum absolute atomic E-state index is 4.06. The summed E-state index contributed by atoms with van der Waals surface area (Å²) in [6.45, 7) is 7.98. The molecule has 0 spiro atoms. The van der Waals surface area contributed by atoms with Gasteiger partial charge < -0.3 is 5.32 Å². The van der Waals surface area contributed by atoms with Crippen LogP contribution in [0, 0.1) is 11.3 Å². The highest BCUT2D eigenvalue weighted by atomic mass is 32.1. The Kier molecular flexibility index (Phi) is 3.60. The maximum atomic E-state index is 4.06. The van der Waals surface area contributed by atoms with Gasteiger partial charge in [0.15, 0.2) is 0 Å². The van der Waals surface area contributed by atoms with Crippen LogP contribution in [0.1, 0.15) is 45.7 Å². The number of aromatic nitrogens is 2. The fourth-order valence-corrected chi connectivity index (χ4v) is 3.20. The standard InChI is InChI=1S/C12H21N3S/c1-9-6-12(2,3)5-4-11(9)13-7-10-8-16-15-14-10/h8-9,11,13H,4-7H2,1-3H3. The smallest absolute Gasteiger partial charge is 0.0893 e. The molecule has 4 heteroatoms. The Labute approximate surface area is 102 Å². The zero-order chi connectivity index (χ0) is 11.6. The summed E-state index contributed by atoms with van der Waals surface area (Å²) >= 11 is 1.43. The van der Waals surface area contributed by atoms with Crippen LogP contribution < -0.4 is 5.32 Å². The van der Waals surface area contributed by atoms with E-state index in [1.54, 1.807) is 0 Å². The molecule has 90 valence electrons. The highest BCUT2D eigenvalue weighted by Crippen LogP contribution is 2.38. The normalized spacial score (nSPS) is 29.2. The van der Waals surface area contributed by atoms with E-state index in [1.165, 1.54) is 30.8 Å². The van der Waals surface area contributed by atoms with Crippen LogP contribution in [0.3, 0.4) is 0 Å². The molecule has 0 aliphatic heterocycles.